The van der Waals surface area contributed by atoms with Gasteiger partial charge >= 0.3 is 0 Å². The van der Waals surface area contributed by atoms with Crippen LogP contribution in [0, 0.1) is 0 Å². The first-order chi connectivity index (χ1) is 11.6. The van der Waals surface area contributed by atoms with Gasteiger partial charge in [0.25, 0.3) is 0 Å². The molecule has 8 heteroatoms. The van der Waals surface area contributed by atoms with Gasteiger partial charge in [-0.2, -0.15) is 0 Å². The molecule has 1 aliphatic heterocycles. The predicted molar refractivity (Wildman–Crippen MR) is 93.0 cm³/mol. The van der Waals surface area contributed by atoms with Gasteiger partial charge in [-0.1, -0.05) is 13.0 Å². The predicted octanol–water partition coefficient (Wildman–Crippen LogP) is 1.38. The van der Waals surface area contributed by atoms with Crippen molar-refractivity contribution in [2.24, 2.45) is 0 Å². The van der Waals surface area contributed by atoms with Crippen molar-refractivity contribution in [1.82, 2.24) is 15.2 Å². The largest absolute Gasteiger partial charge is 0.353 e. The molecule has 7 nitrogen and oxygen atoms in total. The van der Waals surface area contributed by atoms with Crippen LogP contribution in [0.5, 0.6) is 0 Å². The van der Waals surface area contributed by atoms with E-state index in [1.165, 1.54) is 0 Å². The highest BCUT2D eigenvalue weighted by molar-refractivity contribution is 7.91. The van der Waals surface area contributed by atoms with Crippen molar-refractivity contribution < 1.29 is 8.42 Å². The van der Waals surface area contributed by atoms with Crippen LogP contribution in [0.4, 0.5) is 11.6 Å². The fraction of sp³-hybridized carbons (Fsp3) is 0.438. The summed E-state index contributed by atoms with van der Waals surface area (Å²) >= 11 is 0. The van der Waals surface area contributed by atoms with E-state index in [2.05, 4.69) is 25.0 Å². The molecule has 2 aromatic heterocycles. The van der Waals surface area contributed by atoms with Crippen LogP contribution in [0.3, 0.4) is 0 Å². The van der Waals surface area contributed by atoms with Crippen LogP contribution < -0.4 is 9.80 Å². The van der Waals surface area contributed by atoms with Crippen molar-refractivity contribution in [3.05, 3.63) is 36.5 Å². The smallest absolute Gasteiger partial charge is 0.197 e. The Bertz CT molecular complexity index is 757. The SMILES string of the molecule is CCCS(=O)(=O)c1ccc(N2CCN(c3ccccn3)CC2)nn1. The Labute approximate surface area is 142 Å². The summed E-state index contributed by atoms with van der Waals surface area (Å²) in [6.45, 7) is 5.11. The van der Waals surface area contributed by atoms with Gasteiger partial charge in [0.2, 0.25) is 0 Å². The van der Waals surface area contributed by atoms with Gasteiger partial charge in [0, 0.05) is 32.4 Å². The molecular formula is C16H21N5O2S. The van der Waals surface area contributed by atoms with Gasteiger partial charge in [-0.05, 0) is 30.7 Å². The van der Waals surface area contributed by atoms with E-state index >= 15 is 0 Å². The molecule has 0 unspecified atom stereocenters. The van der Waals surface area contributed by atoms with Crippen molar-refractivity contribution in [3.63, 3.8) is 0 Å². The summed E-state index contributed by atoms with van der Waals surface area (Å²) in [6.07, 6.45) is 2.36. The second-order valence-corrected chi connectivity index (χ2v) is 7.77. The Balaban J connectivity index is 1.65. The number of nitrogens with zero attached hydrogens (tertiary/aromatic N) is 5. The Morgan fingerprint density at radius 1 is 0.958 bits per heavy atom. The topological polar surface area (TPSA) is 79.3 Å². The molecule has 24 heavy (non-hydrogen) atoms. The third-order valence-electron chi connectivity index (χ3n) is 3.99. The minimum Gasteiger partial charge on any atom is -0.353 e. The lowest BCUT2D eigenvalue weighted by atomic mass is 10.3. The zero-order valence-corrected chi connectivity index (χ0v) is 14.5. The van der Waals surface area contributed by atoms with Gasteiger partial charge in [-0.3, -0.25) is 0 Å². The monoisotopic (exact) mass is 347 g/mol. The number of pyridine rings is 1. The minimum atomic E-state index is -3.31. The molecule has 3 rings (SSSR count). The average molecular weight is 347 g/mol. The fourth-order valence-electron chi connectivity index (χ4n) is 2.73. The number of hydrogen-bond donors (Lipinski definition) is 0. The maximum atomic E-state index is 12.0. The zero-order valence-electron chi connectivity index (χ0n) is 13.7. The number of sulfone groups is 1. The van der Waals surface area contributed by atoms with E-state index in [1.54, 1.807) is 18.3 Å². The van der Waals surface area contributed by atoms with Gasteiger partial charge < -0.3 is 9.80 Å². The highest BCUT2D eigenvalue weighted by Gasteiger charge is 2.21. The third-order valence-corrected chi connectivity index (χ3v) is 5.80. The first kappa shape index (κ1) is 16.6. The molecule has 1 saturated heterocycles. The highest BCUT2D eigenvalue weighted by atomic mass is 32.2. The number of aromatic nitrogens is 3. The molecule has 0 aliphatic carbocycles. The van der Waals surface area contributed by atoms with Gasteiger partial charge in [0.15, 0.2) is 20.7 Å². The molecule has 0 bridgehead atoms. The molecule has 0 aromatic carbocycles. The van der Waals surface area contributed by atoms with Gasteiger partial charge in [-0.15, -0.1) is 10.2 Å². The van der Waals surface area contributed by atoms with Crippen LogP contribution in [0.1, 0.15) is 13.3 Å². The van der Waals surface area contributed by atoms with E-state index in [0.717, 1.165) is 32.0 Å². The second kappa shape index (κ2) is 7.12. The fourth-order valence-corrected chi connectivity index (χ4v) is 3.91. The highest BCUT2D eigenvalue weighted by Crippen LogP contribution is 2.18. The first-order valence-corrected chi connectivity index (χ1v) is 9.73. The second-order valence-electron chi connectivity index (χ2n) is 5.71. The Morgan fingerprint density at radius 2 is 1.67 bits per heavy atom. The van der Waals surface area contributed by atoms with E-state index in [0.29, 0.717) is 12.2 Å². The van der Waals surface area contributed by atoms with E-state index in [4.69, 9.17) is 0 Å². The third kappa shape index (κ3) is 3.64. The van der Waals surface area contributed by atoms with Gasteiger partial charge in [-0.25, -0.2) is 13.4 Å². The number of rotatable bonds is 5. The van der Waals surface area contributed by atoms with Crippen LogP contribution in [0.25, 0.3) is 0 Å². The Morgan fingerprint density at radius 3 is 2.21 bits per heavy atom. The number of hydrogen-bond acceptors (Lipinski definition) is 7. The van der Waals surface area contributed by atoms with Crippen molar-refractivity contribution in [1.29, 1.82) is 0 Å². The molecule has 2 aromatic rings. The molecule has 0 spiro atoms. The van der Waals surface area contributed by atoms with Crippen molar-refractivity contribution >= 4 is 21.5 Å². The molecule has 128 valence electrons. The summed E-state index contributed by atoms with van der Waals surface area (Å²) in [5.74, 6) is 1.79. The van der Waals surface area contributed by atoms with Crippen LogP contribution in [-0.4, -0.2) is 55.5 Å². The Kier molecular flexibility index (Phi) is 4.94. The molecule has 0 saturated carbocycles. The van der Waals surface area contributed by atoms with E-state index in [-0.39, 0.29) is 10.8 Å². The first-order valence-electron chi connectivity index (χ1n) is 8.07. The summed E-state index contributed by atoms with van der Waals surface area (Å²) in [6, 6.07) is 9.19. The lowest BCUT2D eigenvalue weighted by molar-refractivity contribution is 0.587. The zero-order chi connectivity index (χ0) is 17.0. The van der Waals surface area contributed by atoms with Crippen LogP contribution in [-0.2, 0) is 9.84 Å². The number of anilines is 2. The summed E-state index contributed by atoms with van der Waals surface area (Å²) in [5, 5.41) is 8.08. The molecular weight excluding hydrogens is 326 g/mol. The molecule has 1 aliphatic rings. The quantitative estimate of drug-likeness (QED) is 0.808. The maximum Gasteiger partial charge on any atom is 0.197 e. The summed E-state index contributed by atoms with van der Waals surface area (Å²) in [7, 11) is -3.31. The minimum absolute atomic E-state index is 0.0558. The van der Waals surface area contributed by atoms with Crippen molar-refractivity contribution in [2.75, 3.05) is 41.7 Å². The molecule has 0 N–H and O–H groups in total. The van der Waals surface area contributed by atoms with Crippen LogP contribution in [0.2, 0.25) is 0 Å². The van der Waals surface area contributed by atoms with E-state index in [9.17, 15) is 8.42 Å². The lowest BCUT2D eigenvalue weighted by Crippen LogP contribution is -2.47. The Hall–Kier alpha value is -2.22. The number of piperazine rings is 1. The molecule has 0 radical (unpaired) electrons. The normalized spacial score (nSPS) is 15.5. The van der Waals surface area contributed by atoms with Crippen LogP contribution >= 0.6 is 0 Å². The van der Waals surface area contributed by atoms with Crippen LogP contribution in [0.15, 0.2) is 41.6 Å². The van der Waals surface area contributed by atoms with E-state index < -0.39 is 9.84 Å². The molecule has 3 heterocycles. The molecule has 1 fully saturated rings. The molecule has 0 atom stereocenters. The maximum absolute atomic E-state index is 12.0. The van der Waals surface area contributed by atoms with E-state index in [1.807, 2.05) is 25.1 Å². The lowest BCUT2D eigenvalue weighted by Gasteiger charge is -2.35. The summed E-state index contributed by atoms with van der Waals surface area (Å²) in [5.41, 5.74) is 0. The molecule has 0 amide bonds. The van der Waals surface area contributed by atoms with Gasteiger partial charge in [0.1, 0.15) is 5.82 Å². The summed E-state index contributed by atoms with van der Waals surface area (Å²) in [4.78, 5) is 8.71. The average Bonchev–Trinajstić information content (AvgIpc) is 2.63. The van der Waals surface area contributed by atoms with Crippen molar-refractivity contribution in [2.45, 2.75) is 18.4 Å². The standard InChI is InChI=1S/C16H21N5O2S/c1-2-13-24(22,23)16-7-6-15(18-19-16)21-11-9-20(10-12-21)14-5-3-4-8-17-14/h3-8H,2,9-13H2,1H3. The van der Waals surface area contributed by atoms with Crippen molar-refractivity contribution in [3.8, 4) is 0 Å². The summed E-state index contributed by atoms with van der Waals surface area (Å²) < 4.78 is 24.0. The van der Waals surface area contributed by atoms with Gasteiger partial charge in [0.05, 0.1) is 5.75 Å².